The zero-order valence-electron chi connectivity index (χ0n) is 11.2. The SMILES string of the molecule is CC1CNCC1c1nc(CSc2ccccc2Cl)no1. The van der Waals surface area contributed by atoms with Crippen molar-refractivity contribution in [3.8, 4) is 0 Å². The van der Waals surface area contributed by atoms with E-state index in [1.165, 1.54) is 0 Å². The van der Waals surface area contributed by atoms with Crippen LogP contribution >= 0.6 is 23.4 Å². The van der Waals surface area contributed by atoms with E-state index < -0.39 is 0 Å². The van der Waals surface area contributed by atoms with Gasteiger partial charge < -0.3 is 9.84 Å². The third-order valence-electron chi connectivity index (χ3n) is 3.51. The Kier molecular flexibility index (Phi) is 4.29. The van der Waals surface area contributed by atoms with Crippen molar-refractivity contribution in [3.63, 3.8) is 0 Å². The largest absolute Gasteiger partial charge is 0.339 e. The van der Waals surface area contributed by atoms with Crippen molar-refractivity contribution in [1.82, 2.24) is 15.5 Å². The summed E-state index contributed by atoms with van der Waals surface area (Å²) in [5.74, 6) is 3.02. The lowest BCUT2D eigenvalue weighted by Gasteiger charge is -2.07. The molecule has 0 radical (unpaired) electrons. The van der Waals surface area contributed by atoms with Crippen LogP contribution < -0.4 is 5.32 Å². The highest BCUT2D eigenvalue weighted by atomic mass is 35.5. The highest BCUT2D eigenvalue weighted by molar-refractivity contribution is 7.98. The summed E-state index contributed by atoms with van der Waals surface area (Å²) in [5, 5.41) is 8.17. The lowest BCUT2D eigenvalue weighted by Crippen LogP contribution is -2.08. The number of aromatic nitrogens is 2. The molecular formula is C14H16ClN3OS. The quantitative estimate of drug-likeness (QED) is 0.878. The minimum absolute atomic E-state index is 0.335. The molecule has 1 saturated heterocycles. The number of hydrogen-bond acceptors (Lipinski definition) is 5. The molecule has 20 heavy (non-hydrogen) atoms. The van der Waals surface area contributed by atoms with E-state index in [4.69, 9.17) is 16.1 Å². The van der Waals surface area contributed by atoms with Gasteiger partial charge in [-0.15, -0.1) is 11.8 Å². The van der Waals surface area contributed by atoms with Crippen LogP contribution in [-0.2, 0) is 5.75 Å². The van der Waals surface area contributed by atoms with Crippen LogP contribution in [0.15, 0.2) is 33.7 Å². The van der Waals surface area contributed by atoms with E-state index in [0.29, 0.717) is 17.6 Å². The summed E-state index contributed by atoms with van der Waals surface area (Å²) in [6, 6.07) is 7.78. The second-order valence-corrected chi connectivity index (χ2v) is 6.43. The maximum atomic E-state index is 6.13. The summed E-state index contributed by atoms with van der Waals surface area (Å²) in [7, 11) is 0. The predicted octanol–water partition coefficient (Wildman–Crippen LogP) is 3.34. The molecule has 1 aliphatic rings. The number of benzene rings is 1. The van der Waals surface area contributed by atoms with Gasteiger partial charge in [0.15, 0.2) is 5.82 Å². The number of rotatable bonds is 4. The van der Waals surface area contributed by atoms with Crippen LogP contribution in [-0.4, -0.2) is 23.2 Å². The first kappa shape index (κ1) is 13.9. The van der Waals surface area contributed by atoms with Gasteiger partial charge in [0, 0.05) is 11.4 Å². The van der Waals surface area contributed by atoms with E-state index in [2.05, 4.69) is 22.4 Å². The Balaban J connectivity index is 1.64. The maximum absolute atomic E-state index is 6.13. The van der Waals surface area contributed by atoms with E-state index in [9.17, 15) is 0 Å². The molecular weight excluding hydrogens is 294 g/mol. The Hall–Kier alpha value is -1.04. The Morgan fingerprint density at radius 2 is 2.25 bits per heavy atom. The highest BCUT2D eigenvalue weighted by Gasteiger charge is 2.29. The fourth-order valence-corrected chi connectivity index (χ4v) is 3.40. The number of nitrogens with zero attached hydrogens (tertiary/aromatic N) is 2. The number of halogens is 1. The molecule has 2 heterocycles. The summed E-state index contributed by atoms with van der Waals surface area (Å²) < 4.78 is 5.39. The van der Waals surface area contributed by atoms with E-state index in [1.807, 2.05) is 24.3 Å². The average molecular weight is 310 g/mol. The second kappa shape index (κ2) is 6.16. The first-order valence-corrected chi connectivity index (χ1v) is 8.01. The molecule has 0 saturated carbocycles. The van der Waals surface area contributed by atoms with Gasteiger partial charge in [0.1, 0.15) is 0 Å². The van der Waals surface area contributed by atoms with Crippen LogP contribution in [0.25, 0.3) is 0 Å². The molecule has 1 aromatic carbocycles. The lowest BCUT2D eigenvalue weighted by molar-refractivity contribution is 0.337. The standard InChI is InChI=1S/C14H16ClN3OS/c1-9-6-16-7-10(9)14-17-13(18-19-14)8-20-12-5-3-2-4-11(12)15/h2-5,9-10,16H,6-8H2,1H3. The molecule has 0 bridgehead atoms. The van der Waals surface area contributed by atoms with Crippen molar-refractivity contribution in [2.45, 2.75) is 23.5 Å². The third kappa shape index (κ3) is 3.00. The van der Waals surface area contributed by atoms with Crippen LogP contribution in [0.3, 0.4) is 0 Å². The van der Waals surface area contributed by atoms with Crippen molar-refractivity contribution >= 4 is 23.4 Å². The van der Waals surface area contributed by atoms with Crippen molar-refractivity contribution < 1.29 is 4.52 Å². The van der Waals surface area contributed by atoms with Crippen molar-refractivity contribution in [2.75, 3.05) is 13.1 Å². The molecule has 2 aromatic rings. The molecule has 1 fully saturated rings. The first-order valence-electron chi connectivity index (χ1n) is 6.64. The van der Waals surface area contributed by atoms with Crippen molar-refractivity contribution in [3.05, 3.63) is 41.0 Å². The molecule has 1 N–H and O–H groups in total. The minimum Gasteiger partial charge on any atom is -0.339 e. The van der Waals surface area contributed by atoms with E-state index >= 15 is 0 Å². The van der Waals surface area contributed by atoms with Gasteiger partial charge in [0.2, 0.25) is 5.89 Å². The number of thioether (sulfide) groups is 1. The molecule has 0 aliphatic carbocycles. The molecule has 1 aliphatic heterocycles. The van der Waals surface area contributed by atoms with E-state index in [-0.39, 0.29) is 0 Å². The topological polar surface area (TPSA) is 51.0 Å². The van der Waals surface area contributed by atoms with Gasteiger partial charge in [-0.05, 0) is 24.6 Å². The Morgan fingerprint density at radius 1 is 1.40 bits per heavy atom. The third-order valence-corrected chi connectivity index (χ3v) is 5.02. The van der Waals surface area contributed by atoms with Gasteiger partial charge >= 0.3 is 0 Å². The molecule has 1 aromatic heterocycles. The van der Waals surface area contributed by atoms with Crippen LogP contribution in [0.1, 0.15) is 24.6 Å². The van der Waals surface area contributed by atoms with Gasteiger partial charge in [-0.1, -0.05) is 35.8 Å². The summed E-state index contributed by atoms with van der Waals surface area (Å²) in [4.78, 5) is 5.54. The Labute approximate surface area is 127 Å². The van der Waals surface area contributed by atoms with Gasteiger partial charge in [0.25, 0.3) is 0 Å². The van der Waals surface area contributed by atoms with Crippen LogP contribution in [0.2, 0.25) is 5.02 Å². The fraction of sp³-hybridized carbons (Fsp3) is 0.429. The number of hydrogen-bond donors (Lipinski definition) is 1. The maximum Gasteiger partial charge on any atom is 0.231 e. The zero-order chi connectivity index (χ0) is 13.9. The van der Waals surface area contributed by atoms with Crippen LogP contribution in [0.5, 0.6) is 0 Å². The predicted molar refractivity (Wildman–Crippen MR) is 80.1 cm³/mol. The van der Waals surface area contributed by atoms with E-state index in [0.717, 1.165) is 34.7 Å². The Bertz CT molecular complexity index is 589. The van der Waals surface area contributed by atoms with Crippen LogP contribution in [0.4, 0.5) is 0 Å². The van der Waals surface area contributed by atoms with Gasteiger partial charge in [-0.2, -0.15) is 4.98 Å². The average Bonchev–Trinajstić information content (AvgIpc) is 3.06. The minimum atomic E-state index is 0.335. The summed E-state index contributed by atoms with van der Waals surface area (Å²) >= 11 is 7.75. The molecule has 106 valence electrons. The summed E-state index contributed by atoms with van der Waals surface area (Å²) in [6.45, 7) is 4.13. The summed E-state index contributed by atoms with van der Waals surface area (Å²) in [6.07, 6.45) is 0. The lowest BCUT2D eigenvalue weighted by atomic mass is 9.98. The summed E-state index contributed by atoms with van der Waals surface area (Å²) in [5.41, 5.74) is 0. The van der Waals surface area contributed by atoms with Crippen LogP contribution in [0, 0.1) is 5.92 Å². The first-order chi connectivity index (χ1) is 9.74. The molecule has 4 nitrogen and oxygen atoms in total. The van der Waals surface area contributed by atoms with Crippen molar-refractivity contribution in [2.24, 2.45) is 5.92 Å². The van der Waals surface area contributed by atoms with Crippen molar-refractivity contribution in [1.29, 1.82) is 0 Å². The molecule has 2 atom stereocenters. The van der Waals surface area contributed by atoms with E-state index in [1.54, 1.807) is 11.8 Å². The molecule has 0 spiro atoms. The van der Waals surface area contributed by atoms with Gasteiger partial charge in [0.05, 0.1) is 16.7 Å². The zero-order valence-corrected chi connectivity index (χ0v) is 12.7. The highest BCUT2D eigenvalue weighted by Crippen LogP contribution is 2.30. The fourth-order valence-electron chi connectivity index (χ4n) is 2.32. The second-order valence-electron chi connectivity index (χ2n) is 5.01. The molecule has 6 heteroatoms. The molecule has 3 rings (SSSR count). The Morgan fingerprint density at radius 3 is 3.00 bits per heavy atom. The van der Waals surface area contributed by atoms with Gasteiger partial charge in [-0.25, -0.2) is 0 Å². The van der Waals surface area contributed by atoms with Gasteiger partial charge in [-0.3, -0.25) is 0 Å². The molecule has 0 amide bonds. The normalized spacial score (nSPS) is 22.3. The molecule has 2 unspecified atom stereocenters. The smallest absolute Gasteiger partial charge is 0.231 e. The monoisotopic (exact) mass is 309 g/mol. The number of nitrogens with one attached hydrogen (secondary N) is 1.